The van der Waals surface area contributed by atoms with Gasteiger partial charge in [0.1, 0.15) is 0 Å². The van der Waals surface area contributed by atoms with Crippen LogP contribution < -0.4 is 10.1 Å². The van der Waals surface area contributed by atoms with E-state index in [0.717, 1.165) is 22.3 Å². The summed E-state index contributed by atoms with van der Waals surface area (Å²) < 4.78 is 8.27. The maximum absolute atomic E-state index is 12.3. The van der Waals surface area contributed by atoms with Crippen molar-refractivity contribution in [3.8, 4) is 11.6 Å². The second kappa shape index (κ2) is 7.92. The summed E-state index contributed by atoms with van der Waals surface area (Å²) >= 11 is 3.37. The third-order valence-corrected chi connectivity index (χ3v) is 4.77. The maximum Gasteiger partial charge on any atom is 0.251 e. The van der Waals surface area contributed by atoms with Crippen LogP contribution in [0.2, 0.25) is 0 Å². The van der Waals surface area contributed by atoms with Crippen LogP contribution in [-0.4, -0.2) is 27.3 Å². The van der Waals surface area contributed by atoms with Gasteiger partial charge in [0.15, 0.2) is 0 Å². The average Bonchev–Trinajstić information content (AvgIpc) is 3.44. The van der Waals surface area contributed by atoms with E-state index in [1.807, 2.05) is 30.5 Å². The lowest BCUT2D eigenvalue weighted by Crippen LogP contribution is -2.22. The third-order valence-electron chi connectivity index (χ3n) is 4.36. The summed E-state index contributed by atoms with van der Waals surface area (Å²) in [4.78, 5) is 16.6. The number of rotatable bonds is 7. The summed E-state index contributed by atoms with van der Waals surface area (Å²) in [6.07, 6.45) is 7.83. The predicted octanol–water partition coefficient (Wildman–Crippen LogP) is 3.75. The van der Waals surface area contributed by atoms with Gasteiger partial charge in [-0.3, -0.25) is 4.79 Å². The Labute approximate surface area is 165 Å². The first-order chi connectivity index (χ1) is 13.2. The van der Waals surface area contributed by atoms with Crippen molar-refractivity contribution in [1.82, 2.24) is 20.1 Å². The van der Waals surface area contributed by atoms with E-state index in [1.165, 1.54) is 12.8 Å². The number of nitrogens with one attached hydrogen (secondary N) is 1. The number of carbonyl (C=O) groups is 1. The van der Waals surface area contributed by atoms with E-state index in [2.05, 4.69) is 31.3 Å². The van der Waals surface area contributed by atoms with E-state index >= 15 is 0 Å². The number of carbonyl (C=O) groups excluding carboxylic acids is 1. The van der Waals surface area contributed by atoms with Crippen molar-refractivity contribution in [2.75, 3.05) is 6.61 Å². The van der Waals surface area contributed by atoms with E-state index in [-0.39, 0.29) is 5.91 Å². The van der Waals surface area contributed by atoms with Gasteiger partial charge in [0, 0.05) is 30.6 Å². The second-order valence-electron chi connectivity index (χ2n) is 6.59. The Morgan fingerprint density at radius 1 is 1.19 bits per heavy atom. The summed E-state index contributed by atoms with van der Waals surface area (Å²) in [7, 11) is 0. The van der Waals surface area contributed by atoms with Gasteiger partial charge in [-0.2, -0.15) is 5.10 Å². The molecule has 0 atom stereocenters. The Morgan fingerprint density at radius 3 is 2.63 bits per heavy atom. The second-order valence-corrected chi connectivity index (χ2v) is 7.51. The SMILES string of the molecule is O=C(NCc1ccc(OCC2CC2)nc1)c1ccc(-n2cc(Br)cn2)cc1. The smallest absolute Gasteiger partial charge is 0.251 e. The predicted molar refractivity (Wildman–Crippen MR) is 105 cm³/mol. The van der Waals surface area contributed by atoms with Gasteiger partial charge < -0.3 is 10.1 Å². The molecule has 1 fully saturated rings. The van der Waals surface area contributed by atoms with Gasteiger partial charge in [-0.15, -0.1) is 0 Å². The fraction of sp³-hybridized carbons (Fsp3) is 0.250. The number of amides is 1. The maximum atomic E-state index is 12.3. The van der Waals surface area contributed by atoms with Crippen molar-refractivity contribution < 1.29 is 9.53 Å². The molecule has 6 nitrogen and oxygen atoms in total. The van der Waals surface area contributed by atoms with Crippen LogP contribution in [0.25, 0.3) is 5.69 Å². The van der Waals surface area contributed by atoms with Crippen molar-refractivity contribution >= 4 is 21.8 Å². The summed E-state index contributed by atoms with van der Waals surface area (Å²) in [6, 6.07) is 11.1. The van der Waals surface area contributed by atoms with Crippen molar-refractivity contribution in [2.45, 2.75) is 19.4 Å². The minimum Gasteiger partial charge on any atom is -0.477 e. The molecule has 138 valence electrons. The summed E-state index contributed by atoms with van der Waals surface area (Å²) in [6.45, 7) is 1.16. The normalized spacial score (nSPS) is 13.4. The molecule has 7 heteroatoms. The number of halogens is 1. The number of hydrogen-bond acceptors (Lipinski definition) is 4. The van der Waals surface area contributed by atoms with Crippen LogP contribution in [0, 0.1) is 5.92 Å². The molecule has 4 rings (SSSR count). The topological polar surface area (TPSA) is 69.0 Å². The molecular formula is C20H19BrN4O2. The minimum atomic E-state index is -0.128. The highest BCUT2D eigenvalue weighted by Gasteiger charge is 2.22. The van der Waals surface area contributed by atoms with Crippen LogP contribution in [0.4, 0.5) is 0 Å². The van der Waals surface area contributed by atoms with Gasteiger partial charge in [0.25, 0.3) is 5.91 Å². The molecule has 3 aromatic rings. The number of aromatic nitrogens is 3. The number of benzene rings is 1. The standard InChI is InChI=1S/C20H19BrN4O2/c21-17-11-24-25(12-17)18-6-4-16(5-7-18)20(26)23-10-15-3-8-19(22-9-15)27-13-14-1-2-14/h3-9,11-12,14H,1-2,10,13H2,(H,23,26). The van der Waals surface area contributed by atoms with Gasteiger partial charge in [-0.05, 0) is 64.5 Å². The molecular weight excluding hydrogens is 408 g/mol. The molecule has 0 unspecified atom stereocenters. The van der Waals surface area contributed by atoms with Gasteiger partial charge in [-0.1, -0.05) is 6.07 Å². The van der Waals surface area contributed by atoms with Gasteiger partial charge in [0.05, 0.1) is 23.0 Å². The molecule has 0 aliphatic heterocycles. The van der Waals surface area contributed by atoms with Crippen LogP contribution in [0.3, 0.4) is 0 Å². The Morgan fingerprint density at radius 2 is 2.00 bits per heavy atom. The highest BCUT2D eigenvalue weighted by atomic mass is 79.9. The van der Waals surface area contributed by atoms with Crippen LogP contribution in [0.15, 0.2) is 59.5 Å². The van der Waals surface area contributed by atoms with Crippen molar-refractivity contribution in [3.63, 3.8) is 0 Å². The number of pyridine rings is 1. The minimum absolute atomic E-state index is 0.128. The van der Waals surface area contributed by atoms with Gasteiger partial charge in [-0.25, -0.2) is 9.67 Å². The summed E-state index contributed by atoms with van der Waals surface area (Å²) in [5.74, 6) is 1.21. The molecule has 2 aromatic heterocycles. The molecule has 1 saturated carbocycles. The Hall–Kier alpha value is -2.67. The zero-order valence-electron chi connectivity index (χ0n) is 14.6. The third kappa shape index (κ3) is 4.74. The number of nitrogens with zero attached hydrogens (tertiary/aromatic N) is 3. The first-order valence-corrected chi connectivity index (χ1v) is 9.63. The van der Waals surface area contributed by atoms with E-state index < -0.39 is 0 Å². The zero-order chi connectivity index (χ0) is 18.6. The zero-order valence-corrected chi connectivity index (χ0v) is 16.2. The molecule has 0 bridgehead atoms. The van der Waals surface area contributed by atoms with Gasteiger partial charge in [0.2, 0.25) is 5.88 Å². The first-order valence-electron chi connectivity index (χ1n) is 8.84. The fourth-order valence-electron chi connectivity index (χ4n) is 2.58. The molecule has 27 heavy (non-hydrogen) atoms. The van der Waals surface area contributed by atoms with Crippen molar-refractivity contribution in [3.05, 3.63) is 70.6 Å². The van der Waals surface area contributed by atoms with Crippen LogP contribution in [0.1, 0.15) is 28.8 Å². The largest absolute Gasteiger partial charge is 0.477 e. The monoisotopic (exact) mass is 426 g/mol. The average molecular weight is 427 g/mol. The van der Waals surface area contributed by atoms with Gasteiger partial charge >= 0.3 is 0 Å². The van der Waals surface area contributed by atoms with E-state index in [4.69, 9.17) is 4.74 Å². The fourth-order valence-corrected chi connectivity index (χ4v) is 2.87. The summed E-state index contributed by atoms with van der Waals surface area (Å²) in [5.41, 5.74) is 2.42. The van der Waals surface area contributed by atoms with Crippen molar-refractivity contribution in [1.29, 1.82) is 0 Å². The lowest BCUT2D eigenvalue weighted by molar-refractivity contribution is 0.0951. The Balaban J connectivity index is 1.30. The van der Waals surface area contributed by atoms with E-state index in [9.17, 15) is 4.79 Å². The lowest BCUT2D eigenvalue weighted by atomic mass is 10.2. The van der Waals surface area contributed by atoms with E-state index in [0.29, 0.717) is 23.9 Å². The number of hydrogen-bond donors (Lipinski definition) is 1. The molecule has 0 spiro atoms. The highest BCUT2D eigenvalue weighted by Crippen LogP contribution is 2.29. The Bertz CT molecular complexity index is 918. The van der Waals surface area contributed by atoms with Crippen LogP contribution in [0.5, 0.6) is 5.88 Å². The molecule has 0 saturated heterocycles. The van der Waals surface area contributed by atoms with Crippen LogP contribution >= 0.6 is 15.9 Å². The molecule has 0 radical (unpaired) electrons. The molecule has 2 heterocycles. The van der Waals surface area contributed by atoms with Crippen LogP contribution in [-0.2, 0) is 6.54 Å². The number of ether oxygens (including phenoxy) is 1. The van der Waals surface area contributed by atoms with E-state index in [1.54, 1.807) is 29.2 Å². The molecule has 1 aromatic carbocycles. The molecule has 1 aliphatic rings. The van der Waals surface area contributed by atoms with Crippen molar-refractivity contribution in [2.24, 2.45) is 5.92 Å². The summed E-state index contributed by atoms with van der Waals surface area (Å²) in [5, 5.41) is 7.13. The molecule has 1 N–H and O–H groups in total. The lowest BCUT2D eigenvalue weighted by Gasteiger charge is -2.08. The Kier molecular flexibility index (Phi) is 5.20. The highest BCUT2D eigenvalue weighted by molar-refractivity contribution is 9.10. The molecule has 1 amide bonds. The molecule has 1 aliphatic carbocycles. The quantitative estimate of drug-likeness (QED) is 0.624. The first kappa shape index (κ1) is 17.7.